The second-order valence-electron chi connectivity index (χ2n) is 3.28. The monoisotopic (exact) mass is 231 g/mol. The molecule has 1 atom stereocenters. The molecule has 0 amide bonds. The zero-order valence-electron chi connectivity index (χ0n) is 10.2. The van der Waals surface area contributed by atoms with Gasteiger partial charge < -0.3 is 9.47 Å². The second kappa shape index (κ2) is 9.15. The van der Waals surface area contributed by atoms with Gasteiger partial charge in [-0.15, -0.1) is 0 Å². The van der Waals surface area contributed by atoms with Gasteiger partial charge in [0.2, 0.25) is 0 Å². The zero-order valence-corrected chi connectivity index (χ0v) is 10.2. The van der Waals surface area contributed by atoms with Crippen molar-refractivity contribution in [2.24, 2.45) is 0 Å². The number of rotatable bonds is 8. The molecule has 0 aromatic rings. The van der Waals surface area contributed by atoms with Gasteiger partial charge in [-0.1, -0.05) is 13.3 Å². The Labute approximate surface area is 96.5 Å². The summed E-state index contributed by atoms with van der Waals surface area (Å²) in [6.07, 6.45) is 1.50. The number of nitrogens with one attached hydrogen (secondary N) is 1. The molecule has 0 aromatic carbocycles. The fraction of sp³-hybridized carbons (Fsp3) is 0.818. The number of ether oxygens (including phenoxy) is 2. The van der Waals surface area contributed by atoms with Crippen LogP contribution in [0.25, 0.3) is 0 Å². The Morgan fingerprint density at radius 2 is 1.75 bits per heavy atom. The van der Waals surface area contributed by atoms with Gasteiger partial charge in [-0.25, -0.2) is 0 Å². The van der Waals surface area contributed by atoms with E-state index in [1.807, 2.05) is 6.92 Å². The van der Waals surface area contributed by atoms with Crippen molar-refractivity contribution in [3.05, 3.63) is 0 Å². The van der Waals surface area contributed by atoms with Crippen LogP contribution in [0, 0.1) is 0 Å². The summed E-state index contributed by atoms with van der Waals surface area (Å²) in [6.45, 7) is 6.20. The fourth-order valence-electron chi connectivity index (χ4n) is 1.25. The third-order valence-electron chi connectivity index (χ3n) is 1.95. The van der Waals surface area contributed by atoms with Gasteiger partial charge in [-0.3, -0.25) is 14.9 Å². The van der Waals surface area contributed by atoms with E-state index in [-0.39, 0.29) is 18.5 Å². The molecule has 5 heteroatoms. The molecule has 1 N–H and O–H groups in total. The first-order chi connectivity index (χ1) is 7.65. The largest absolute Gasteiger partial charge is 0.465 e. The minimum atomic E-state index is -0.422. The second-order valence-corrected chi connectivity index (χ2v) is 3.28. The Morgan fingerprint density at radius 3 is 2.25 bits per heavy atom. The lowest BCUT2D eigenvalue weighted by Gasteiger charge is -2.15. The summed E-state index contributed by atoms with van der Waals surface area (Å²) < 4.78 is 9.65. The minimum Gasteiger partial charge on any atom is -0.465 e. The normalized spacial score (nSPS) is 11.9. The van der Waals surface area contributed by atoms with Gasteiger partial charge in [0, 0.05) is 0 Å². The molecule has 0 aliphatic rings. The molecule has 0 aliphatic carbocycles. The van der Waals surface area contributed by atoms with Crippen LogP contribution in [0.3, 0.4) is 0 Å². The van der Waals surface area contributed by atoms with E-state index < -0.39 is 6.04 Å². The van der Waals surface area contributed by atoms with Crippen LogP contribution in [0.15, 0.2) is 0 Å². The molecule has 94 valence electrons. The third-order valence-corrected chi connectivity index (χ3v) is 1.95. The van der Waals surface area contributed by atoms with E-state index in [1.54, 1.807) is 13.8 Å². The van der Waals surface area contributed by atoms with Gasteiger partial charge in [-0.05, 0) is 20.3 Å². The average molecular weight is 231 g/mol. The highest BCUT2D eigenvalue weighted by Gasteiger charge is 2.19. The van der Waals surface area contributed by atoms with Crippen LogP contribution >= 0.6 is 0 Å². The van der Waals surface area contributed by atoms with Gasteiger partial charge in [0.15, 0.2) is 0 Å². The van der Waals surface area contributed by atoms with E-state index in [9.17, 15) is 9.59 Å². The van der Waals surface area contributed by atoms with Crippen molar-refractivity contribution in [2.45, 2.75) is 39.7 Å². The molecular weight excluding hydrogens is 210 g/mol. The number of esters is 2. The molecule has 0 fully saturated rings. The third kappa shape index (κ3) is 6.40. The molecule has 0 spiro atoms. The van der Waals surface area contributed by atoms with Crippen LogP contribution in [0.4, 0.5) is 0 Å². The molecule has 0 bridgehead atoms. The van der Waals surface area contributed by atoms with Gasteiger partial charge in [-0.2, -0.15) is 0 Å². The predicted molar refractivity (Wildman–Crippen MR) is 60.0 cm³/mol. The van der Waals surface area contributed by atoms with Crippen molar-refractivity contribution in [2.75, 3.05) is 19.8 Å². The van der Waals surface area contributed by atoms with Crippen LogP contribution in [0.2, 0.25) is 0 Å². The van der Waals surface area contributed by atoms with Crippen molar-refractivity contribution >= 4 is 11.9 Å². The van der Waals surface area contributed by atoms with E-state index in [0.29, 0.717) is 19.6 Å². The Morgan fingerprint density at radius 1 is 1.12 bits per heavy atom. The van der Waals surface area contributed by atoms with E-state index in [4.69, 9.17) is 9.47 Å². The van der Waals surface area contributed by atoms with Crippen molar-refractivity contribution in [3.8, 4) is 0 Å². The van der Waals surface area contributed by atoms with Crippen LogP contribution in [0.1, 0.15) is 33.6 Å². The van der Waals surface area contributed by atoms with Gasteiger partial charge in [0.05, 0.1) is 19.8 Å². The van der Waals surface area contributed by atoms with Crippen LogP contribution in [-0.2, 0) is 19.1 Å². The summed E-state index contributed by atoms with van der Waals surface area (Å²) in [4.78, 5) is 22.6. The maximum Gasteiger partial charge on any atom is 0.323 e. The Kier molecular flexibility index (Phi) is 8.52. The van der Waals surface area contributed by atoms with Crippen molar-refractivity contribution in [1.29, 1.82) is 0 Å². The van der Waals surface area contributed by atoms with Crippen molar-refractivity contribution in [3.63, 3.8) is 0 Å². The smallest absolute Gasteiger partial charge is 0.323 e. The summed E-state index contributed by atoms with van der Waals surface area (Å²) >= 11 is 0. The Balaban J connectivity index is 4.02. The van der Waals surface area contributed by atoms with Crippen molar-refractivity contribution < 1.29 is 19.1 Å². The summed E-state index contributed by atoms with van der Waals surface area (Å²) in [5.74, 6) is -0.665. The molecule has 0 heterocycles. The zero-order chi connectivity index (χ0) is 12.4. The fourth-order valence-corrected chi connectivity index (χ4v) is 1.25. The standard InChI is InChI=1S/C11H21NO4/c1-4-7-9(11(14)16-6-3)12-8-10(13)15-5-2/h9,12H,4-8H2,1-3H3/t9-/m0/s1. The molecule has 0 saturated carbocycles. The van der Waals surface area contributed by atoms with E-state index in [0.717, 1.165) is 6.42 Å². The van der Waals surface area contributed by atoms with E-state index >= 15 is 0 Å². The topological polar surface area (TPSA) is 64.6 Å². The number of carbonyl (C=O) groups is 2. The quantitative estimate of drug-likeness (QED) is 0.628. The van der Waals surface area contributed by atoms with Gasteiger partial charge in [0.25, 0.3) is 0 Å². The van der Waals surface area contributed by atoms with Crippen LogP contribution in [-0.4, -0.2) is 37.7 Å². The van der Waals surface area contributed by atoms with Crippen LogP contribution in [0.5, 0.6) is 0 Å². The Hall–Kier alpha value is -1.10. The average Bonchev–Trinajstić information content (AvgIpc) is 2.24. The molecule has 0 unspecified atom stereocenters. The molecule has 16 heavy (non-hydrogen) atoms. The first-order valence-electron chi connectivity index (χ1n) is 5.71. The lowest BCUT2D eigenvalue weighted by atomic mass is 10.1. The Bertz CT molecular complexity index is 218. The maximum absolute atomic E-state index is 11.5. The van der Waals surface area contributed by atoms with Gasteiger partial charge >= 0.3 is 11.9 Å². The molecule has 0 rings (SSSR count). The molecule has 0 saturated heterocycles. The molecule has 5 nitrogen and oxygen atoms in total. The first-order valence-corrected chi connectivity index (χ1v) is 5.71. The maximum atomic E-state index is 11.5. The first kappa shape index (κ1) is 14.9. The summed E-state index contributed by atoms with van der Waals surface area (Å²) in [5, 5.41) is 2.84. The highest BCUT2D eigenvalue weighted by atomic mass is 16.5. The number of hydrogen-bond acceptors (Lipinski definition) is 5. The lowest BCUT2D eigenvalue weighted by molar-refractivity contribution is -0.146. The van der Waals surface area contributed by atoms with Crippen molar-refractivity contribution in [1.82, 2.24) is 5.32 Å². The molecule has 0 radical (unpaired) electrons. The highest BCUT2D eigenvalue weighted by Crippen LogP contribution is 1.99. The van der Waals surface area contributed by atoms with E-state index in [1.165, 1.54) is 0 Å². The minimum absolute atomic E-state index is 0.0390. The summed E-state index contributed by atoms with van der Waals surface area (Å²) in [6, 6.07) is -0.422. The number of hydrogen-bond donors (Lipinski definition) is 1. The van der Waals surface area contributed by atoms with E-state index in [2.05, 4.69) is 5.32 Å². The molecule has 0 aromatic heterocycles. The molecule has 0 aliphatic heterocycles. The van der Waals surface area contributed by atoms with Crippen LogP contribution < -0.4 is 5.32 Å². The number of carbonyl (C=O) groups excluding carboxylic acids is 2. The summed E-state index contributed by atoms with van der Waals surface area (Å²) in [5.41, 5.74) is 0. The summed E-state index contributed by atoms with van der Waals surface area (Å²) in [7, 11) is 0. The predicted octanol–water partition coefficient (Wildman–Crippen LogP) is 0.871. The molecular formula is C11H21NO4. The van der Waals surface area contributed by atoms with Gasteiger partial charge in [0.1, 0.15) is 6.04 Å². The highest BCUT2D eigenvalue weighted by molar-refractivity contribution is 5.77. The lowest BCUT2D eigenvalue weighted by Crippen LogP contribution is -2.41. The SMILES string of the molecule is CCC[C@H](NCC(=O)OCC)C(=O)OCC.